The molecule has 1 aromatic rings. The van der Waals surface area contributed by atoms with Gasteiger partial charge in [0.05, 0.1) is 0 Å². The van der Waals surface area contributed by atoms with Crippen molar-refractivity contribution in [3.63, 3.8) is 0 Å². The molecule has 0 bridgehead atoms. The van der Waals surface area contributed by atoms with Gasteiger partial charge in [0.15, 0.2) is 0 Å². The van der Waals surface area contributed by atoms with E-state index in [1.54, 1.807) is 24.3 Å². The van der Waals surface area contributed by atoms with Gasteiger partial charge in [0.1, 0.15) is 0 Å². The maximum atomic E-state index is 10.5. The number of carbonyl (C=O) groups is 1. The molecule has 2 nitrogen and oxygen atoms in total. The Hall–Kier alpha value is -0.310. The Morgan fingerprint density at radius 2 is 2.00 bits per heavy atom. The molecule has 0 aliphatic rings. The first kappa shape index (κ1) is 10.7. The number of amides is 1. The summed E-state index contributed by atoms with van der Waals surface area (Å²) < 4.78 is 0. The first-order valence-corrected chi connectivity index (χ1v) is 3.03. The van der Waals surface area contributed by atoms with Gasteiger partial charge in [0.25, 0.3) is 0 Å². The van der Waals surface area contributed by atoms with Gasteiger partial charge in [-0.05, 0) is 0 Å². The van der Waals surface area contributed by atoms with Crippen LogP contribution in [0.15, 0.2) is 24.3 Å². The van der Waals surface area contributed by atoms with Crippen LogP contribution in [0.1, 0.15) is 6.92 Å². The number of hydrogen-bond acceptors (Lipinski definition) is 1. The summed E-state index contributed by atoms with van der Waals surface area (Å²) in [5.74, 6) is -0.0498. The fraction of sp³-hybridized carbons (Fsp3) is 0.125. The first-order valence-electron chi connectivity index (χ1n) is 3.03. The minimum Gasteiger partial charge on any atom is -0.349 e. The van der Waals surface area contributed by atoms with Crippen LogP contribution in [0.2, 0.25) is 0 Å². The van der Waals surface area contributed by atoms with E-state index in [1.165, 1.54) is 6.92 Å². The number of hydrogen-bond donors (Lipinski definition) is 1. The molecule has 0 aliphatic carbocycles. The van der Waals surface area contributed by atoms with Crippen LogP contribution >= 0.6 is 0 Å². The zero-order valence-corrected chi connectivity index (χ0v) is 8.72. The molecule has 0 aromatic heterocycles. The molecule has 52 valence electrons. The monoisotopic (exact) mass is 157 g/mol. The normalized spacial score (nSPS) is 8.09. The predicted molar refractivity (Wildman–Crippen MR) is 39.6 cm³/mol. The predicted octanol–water partition coefficient (Wildman–Crippen LogP) is -1.55. The minimum atomic E-state index is -0.0498. The van der Waals surface area contributed by atoms with Crippen molar-refractivity contribution in [1.29, 1.82) is 0 Å². The average molecular weight is 157 g/mol. The minimum absolute atomic E-state index is 0. The van der Waals surface area contributed by atoms with Crippen LogP contribution in [0.4, 0.5) is 5.69 Å². The fourth-order valence-electron chi connectivity index (χ4n) is 0.673. The second kappa shape index (κ2) is 5.35. The van der Waals surface area contributed by atoms with Crippen molar-refractivity contribution in [2.45, 2.75) is 6.92 Å². The van der Waals surface area contributed by atoms with Crippen LogP contribution in [0.3, 0.4) is 0 Å². The number of carbonyl (C=O) groups excluding carboxylic acids is 1. The van der Waals surface area contributed by atoms with E-state index >= 15 is 0 Å². The molecule has 0 fully saturated rings. The number of rotatable bonds is 1. The maximum Gasteiger partial charge on any atom is 1.00 e. The van der Waals surface area contributed by atoms with Crippen molar-refractivity contribution < 1.29 is 34.4 Å². The van der Waals surface area contributed by atoms with Crippen LogP contribution in [0, 0.1) is 6.07 Å². The van der Waals surface area contributed by atoms with E-state index in [0.717, 1.165) is 5.69 Å². The number of benzene rings is 1. The molecule has 11 heavy (non-hydrogen) atoms. The molecule has 1 aromatic carbocycles. The summed E-state index contributed by atoms with van der Waals surface area (Å²) in [6, 6.07) is 9.95. The molecule has 0 radical (unpaired) electrons. The fourth-order valence-corrected chi connectivity index (χ4v) is 0.673. The first-order chi connectivity index (χ1) is 4.79. The van der Waals surface area contributed by atoms with Crippen LogP contribution in [-0.4, -0.2) is 5.91 Å². The van der Waals surface area contributed by atoms with Gasteiger partial charge in [-0.3, -0.25) is 4.79 Å². The van der Waals surface area contributed by atoms with Crippen LogP contribution in [0.25, 0.3) is 0 Å². The van der Waals surface area contributed by atoms with Crippen molar-refractivity contribution >= 4 is 11.6 Å². The van der Waals surface area contributed by atoms with Gasteiger partial charge in [0.2, 0.25) is 5.91 Å². The van der Waals surface area contributed by atoms with Crippen molar-refractivity contribution in [2.75, 3.05) is 5.32 Å². The Bertz CT molecular complexity index is 223. The molecular formula is C8H8NNaO. The third-order valence-corrected chi connectivity index (χ3v) is 1.04. The zero-order valence-electron chi connectivity index (χ0n) is 6.72. The summed E-state index contributed by atoms with van der Waals surface area (Å²) in [4.78, 5) is 10.5. The van der Waals surface area contributed by atoms with Crippen LogP contribution in [-0.2, 0) is 4.79 Å². The van der Waals surface area contributed by atoms with E-state index in [2.05, 4.69) is 11.4 Å². The maximum absolute atomic E-state index is 10.5. The summed E-state index contributed by atoms with van der Waals surface area (Å²) in [7, 11) is 0. The van der Waals surface area contributed by atoms with E-state index in [-0.39, 0.29) is 35.5 Å². The molecule has 0 heterocycles. The molecule has 1 rings (SSSR count). The second-order valence-electron chi connectivity index (χ2n) is 1.97. The van der Waals surface area contributed by atoms with Crippen molar-refractivity contribution in [3.05, 3.63) is 30.3 Å². The summed E-state index contributed by atoms with van der Waals surface area (Å²) >= 11 is 0. The van der Waals surface area contributed by atoms with Crippen molar-refractivity contribution in [2.24, 2.45) is 0 Å². The van der Waals surface area contributed by atoms with E-state index in [4.69, 9.17) is 0 Å². The second-order valence-corrected chi connectivity index (χ2v) is 1.97. The Balaban J connectivity index is 0.000001000. The summed E-state index contributed by atoms with van der Waals surface area (Å²) in [5.41, 5.74) is 0.811. The van der Waals surface area contributed by atoms with Gasteiger partial charge >= 0.3 is 29.6 Å². The Kier molecular flexibility index (Phi) is 5.20. The number of nitrogens with one attached hydrogen (secondary N) is 1. The average Bonchev–Trinajstić information content (AvgIpc) is 1.88. The van der Waals surface area contributed by atoms with Gasteiger partial charge in [-0.15, -0.1) is 12.1 Å². The molecule has 0 saturated carbocycles. The van der Waals surface area contributed by atoms with E-state index in [0.29, 0.717) is 0 Å². The van der Waals surface area contributed by atoms with Crippen molar-refractivity contribution in [3.8, 4) is 0 Å². The third-order valence-electron chi connectivity index (χ3n) is 1.04. The van der Waals surface area contributed by atoms with E-state index in [1.807, 2.05) is 0 Å². The van der Waals surface area contributed by atoms with Gasteiger partial charge in [-0.1, -0.05) is 5.69 Å². The van der Waals surface area contributed by atoms with E-state index in [9.17, 15) is 4.79 Å². The zero-order chi connectivity index (χ0) is 7.40. The van der Waals surface area contributed by atoms with Crippen molar-refractivity contribution in [1.82, 2.24) is 0 Å². The smallest absolute Gasteiger partial charge is 0.349 e. The molecular weight excluding hydrogens is 149 g/mol. The molecule has 1 amide bonds. The molecule has 0 atom stereocenters. The van der Waals surface area contributed by atoms with Gasteiger partial charge in [-0.25, -0.2) is 0 Å². The summed E-state index contributed by atoms with van der Waals surface area (Å²) in [5, 5.41) is 2.65. The standard InChI is InChI=1S/C8H8NO.Na/c1-7(10)9-8-5-3-2-4-6-8;/h3-6H,1H3,(H,9,10);/q-1;+1. The molecule has 0 aliphatic heterocycles. The largest absolute Gasteiger partial charge is 1.00 e. The Labute approximate surface area is 88.3 Å². The molecule has 0 spiro atoms. The van der Waals surface area contributed by atoms with Crippen LogP contribution in [0.5, 0.6) is 0 Å². The van der Waals surface area contributed by atoms with Crippen LogP contribution < -0.4 is 34.9 Å². The SMILES string of the molecule is CC(=O)Nc1cc[c-]cc1.[Na+]. The van der Waals surface area contributed by atoms with Gasteiger partial charge in [-0.2, -0.15) is 18.2 Å². The Morgan fingerprint density at radius 3 is 2.45 bits per heavy atom. The van der Waals surface area contributed by atoms with Gasteiger partial charge in [0, 0.05) is 6.92 Å². The van der Waals surface area contributed by atoms with Gasteiger partial charge < -0.3 is 5.32 Å². The third kappa shape index (κ3) is 4.19. The molecule has 0 saturated heterocycles. The quantitative estimate of drug-likeness (QED) is 0.388. The molecule has 3 heteroatoms. The molecule has 0 unspecified atom stereocenters. The Morgan fingerprint density at radius 1 is 1.45 bits per heavy atom. The topological polar surface area (TPSA) is 29.1 Å². The molecule has 1 N–H and O–H groups in total. The summed E-state index contributed by atoms with van der Waals surface area (Å²) in [6.45, 7) is 1.48. The van der Waals surface area contributed by atoms with E-state index < -0.39 is 0 Å². The summed E-state index contributed by atoms with van der Waals surface area (Å²) in [6.07, 6.45) is 0. The number of anilines is 1.